The topological polar surface area (TPSA) is 84.9 Å². The van der Waals surface area contributed by atoms with Gasteiger partial charge in [0.25, 0.3) is 0 Å². The Labute approximate surface area is 122 Å². The van der Waals surface area contributed by atoms with E-state index in [4.69, 9.17) is 14.6 Å². The zero-order valence-corrected chi connectivity index (χ0v) is 12.5. The van der Waals surface area contributed by atoms with Crippen LogP contribution in [0.1, 0.15) is 12.0 Å². The minimum atomic E-state index is -3.99. The fourth-order valence-corrected chi connectivity index (χ4v) is 3.30. The third kappa shape index (κ3) is 3.58. The molecule has 1 heterocycles. The first-order valence-electron chi connectivity index (χ1n) is 6.44. The predicted octanol–water partition coefficient (Wildman–Crippen LogP) is 0.402. The van der Waals surface area contributed by atoms with Gasteiger partial charge in [0.2, 0.25) is 10.0 Å². The third-order valence-corrected chi connectivity index (χ3v) is 4.99. The number of sulfonamides is 1. The molecule has 1 saturated heterocycles. The number of aliphatic hydroxyl groups excluding tert-OH is 1. The number of ether oxygens (including phenoxy) is 2. The molecule has 118 valence electrons. The number of methoxy groups -OCH3 is 1. The summed E-state index contributed by atoms with van der Waals surface area (Å²) < 4.78 is 51.0. The van der Waals surface area contributed by atoms with Gasteiger partial charge < -0.3 is 14.6 Å². The molecule has 0 saturated carbocycles. The molecule has 21 heavy (non-hydrogen) atoms. The zero-order chi connectivity index (χ0) is 15.5. The molecule has 0 spiro atoms. The molecule has 1 unspecified atom stereocenters. The summed E-state index contributed by atoms with van der Waals surface area (Å²) in [4.78, 5) is -0.454. The molecule has 0 aliphatic carbocycles. The molecule has 8 heteroatoms. The van der Waals surface area contributed by atoms with Crippen LogP contribution in [0.3, 0.4) is 0 Å². The Morgan fingerprint density at radius 1 is 1.52 bits per heavy atom. The van der Waals surface area contributed by atoms with E-state index < -0.39 is 26.3 Å². The molecular formula is C13H18FNO5S. The second-order valence-electron chi connectivity index (χ2n) is 4.94. The normalized spacial score (nSPS) is 22.6. The van der Waals surface area contributed by atoms with Crippen molar-refractivity contribution in [2.24, 2.45) is 0 Å². The first-order chi connectivity index (χ1) is 9.92. The number of benzene rings is 1. The number of halogens is 1. The number of aliphatic hydroxyl groups is 1. The highest BCUT2D eigenvalue weighted by Gasteiger charge is 2.36. The lowest BCUT2D eigenvalue weighted by atomic mass is 10.0. The number of nitrogens with one attached hydrogen (secondary N) is 1. The van der Waals surface area contributed by atoms with Crippen molar-refractivity contribution in [1.29, 1.82) is 0 Å². The number of hydrogen-bond donors (Lipinski definition) is 2. The maximum Gasteiger partial charge on any atom is 0.243 e. The number of rotatable bonds is 6. The van der Waals surface area contributed by atoms with E-state index >= 15 is 0 Å². The lowest BCUT2D eigenvalue weighted by Gasteiger charge is -2.25. The average molecular weight is 319 g/mol. The van der Waals surface area contributed by atoms with E-state index in [0.717, 1.165) is 12.1 Å². The second kappa shape index (κ2) is 6.37. The van der Waals surface area contributed by atoms with Crippen molar-refractivity contribution >= 4 is 10.0 Å². The van der Waals surface area contributed by atoms with E-state index in [9.17, 15) is 12.8 Å². The van der Waals surface area contributed by atoms with Gasteiger partial charge in [0.05, 0.1) is 13.2 Å². The van der Waals surface area contributed by atoms with Crippen LogP contribution in [0.25, 0.3) is 0 Å². The molecule has 2 N–H and O–H groups in total. The van der Waals surface area contributed by atoms with Crippen molar-refractivity contribution in [2.45, 2.75) is 23.5 Å². The summed E-state index contributed by atoms with van der Waals surface area (Å²) in [7, 11) is -2.51. The maximum atomic E-state index is 13.8. The Bertz CT molecular complexity index is 599. The molecule has 1 aliphatic heterocycles. The summed E-state index contributed by atoms with van der Waals surface area (Å²) in [5, 5.41) is 8.91. The zero-order valence-electron chi connectivity index (χ0n) is 11.6. The molecule has 0 radical (unpaired) electrons. The molecule has 0 aromatic heterocycles. The monoisotopic (exact) mass is 319 g/mol. The first-order valence-corrected chi connectivity index (χ1v) is 7.93. The molecule has 2 rings (SSSR count). The first kappa shape index (κ1) is 16.3. The lowest BCUT2D eigenvalue weighted by Crippen LogP contribution is -2.45. The molecule has 1 fully saturated rings. The predicted molar refractivity (Wildman–Crippen MR) is 72.7 cm³/mol. The molecule has 1 aliphatic rings. The Balaban J connectivity index is 2.15. The summed E-state index contributed by atoms with van der Waals surface area (Å²) >= 11 is 0. The van der Waals surface area contributed by atoms with Gasteiger partial charge in [-0.25, -0.2) is 17.5 Å². The fraction of sp³-hybridized carbons (Fsp3) is 0.538. The Kier molecular flexibility index (Phi) is 4.95. The highest BCUT2D eigenvalue weighted by molar-refractivity contribution is 7.89. The largest absolute Gasteiger partial charge is 0.392 e. The molecule has 6 nitrogen and oxygen atoms in total. The molecule has 0 amide bonds. The highest BCUT2D eigenvalue weighted by atomic mass is 32.2. The highest BCUT2D eigenvalue weighted by Crippen LogP contribution is 2.23. The molecule has 0 bridgehead atoms. The van der Waals surface area contributed by atoms with Gasteiger partial charge in [-0.05, 0) is 17.7 Å². The standard InChI is InChI=1S/C13H18FNO5S/c1-19-13(4-5-20-9-13)8-15-21(17,18)12-3-2-10(7-16)6-11(12)14/h2-3,6,15-16H,4-5,7-9H2,1H3. The van der Waals surface area contributed by atoms with E-state index in [-0.39, 0.29) is 19.8 Å². The van der Waals surface area contributed by atoms with Crippen LogP contribution >= 0.6 is 0 Å². The SMILES string of the molecule is COC1(CNS(=O)(=O)c2ccc(CO)cc2F)CCOC1. The summed E-state index contributed by atoms with van der Waals surface area (Å²) in [6, 6.07) is 3.50. The van der Waals surface area contributed by atoms with Crippen molar-refractivity contribution in [1.82, 2.24) is 4.72 Å². The van der Waals surface area contributed by atoms with E-state index in [1.165, 1.54) is 13.2 Å². The number of hydrogen-bond acceptors (Lipinski definition) is 5. The third-order valence-electron chi connectivity index (χ3n) is 3.55. The average Bonchev–Trinajstić information content (AvgIpc) is 2.94. The van der Waals surface area contributed by atoms with Gasteiger partial charge in [0, 0.05) is 26.7 Å². The van der Waals surface area contributed by atoms with Crippen LogP contribution in [0.15, 0.2) is 23.1 Å². The molecule has 1 atom stereocenters. The van der Waals surface area contributed by atoms with Gasteiger partial charge in [0.1, 0.15) is 16.3 Å². The lowest BCUT2D eigenvalue weighted by molar-refractivity contribution is -0.0120. The fourth-order valence-electron chi connectivity index (χ4n) is 2.13. The quantitative estimate of drug-likeness (QED) is 0.793. The summed E-state index contributed by atoms with van der Waals surface area (Å²) in [6.45, 7) is 0.439. The Morgan fingerprint density at radius 3 is 2.81 bits per heavy atom. The van der Waals surface area contributed by atoms with E-state index in [1.807, 2.05) is 0 Å². The van der Waals surface area contributed by atoms with Crippen molar-refractivity contribution in [3.05, 3.63) is 29.6 Å². The van der Waals surface area contributed by atoms with Gasteiger partial charge in [-0.2, -0.15) is 0 Å². The van der Waals surface area contributed by atoms with Gasteiger partial charge in [0.15, 0.2) is 0 Å². The second-order valence-corrected chi connectivity index (χ2v) is 6.67. The smallest absolute Gasteiger partial charge is 0.243 e. The Morgan fingerprint density at radius 2 is 2.29 bits per heavy atom. The van der Waals surface area contributed by atoms with Crippen LogP contribution in [0.4, 0.5) is 4.39 Å². The van der Waals surface area contributed by atoms with Crippen molar-refractivity contribution < 1.29 is 27.4 Å². The van der Waals surface area contributed by atoms with Crippen LogP contribution in [0, 0.1) is 5.82 Å². The van der Waals surface area contributed by atoms with E-state index in [1.54, 1.807) is 0 Å². The molecular weight excluding hydrogens is 301 g/mol. The van der Waals surface area contributed by atoms with Crippen molar-refractivity contribution in [3.63, 3.8) is 0 Å². The summed E-state index contributed by atoms with van der Waals surface area (Å²) in [5.74, 6) is -0.900. The van der Waals surface area contributed by atoms with Crippen LogP contribution in [-0.4, -0.2) is 46.0 Å². The minimum Gasteiger partial charge on any atom is -0.392 e. The summed E-state index contributed by atoms with van der Waals surface area (Å²) in [6.07, 6.45) is 0.567. The summed E-state index contributed by atoms with van der Waals surface area (Å²) in [5.41, 5.74) is -0.404. The van der Waals surface area contributed by atoms with Gasteiger partial charge in [-0.15, -0.1) is 0 Å². The molecule has 1 aromatic rings. The van der Waals surface area contributed by atoms with Crippen LogP contribution in [0.5, 0.6) is 0 Å². The Hall–Kier alpha value is -1.06. The van der Waals surface area contributed by atoms with Crippen LogP contribution < -0.4 is 4.72 Å². The molecule has 1 aromatic carbocycles. The minimum absolute atomic E-state index is 0.00697. The van der Waals surface area contributed by atoms with Gasteiger partial charge in [-0.3, -0.25) is 0 Å². The van der Waals surface area contributed by atoms with Crippen molar-refractivity contribution in [3.8, 4) is 0 Å². The van der Waals surface area contributed by atoms with E-state index in [2.05, 4.69) is 4.72 Å². The van der Waals surface area contributed by atoms with Crippen molar-refractivity contribution in [2.75, 3.05) is 26.9 Å². The van der Waals surface area contributed by atoms with Crippen LogP contribution in [-0.2, 0) is 26.1 Å². The maximum absolute atomic E-state index is 13.8. The van der Waals surface area contributed by atoms with Crippen LogP contribution in [0.2, 0.25) is 0 Å². The van der Waals surface area contributed by atoms with Gasteiger partial charge >= 0.3 is 0 Å². The van der Waals surface area contributed by atoms with E-state index in [0.29, 0.717) is 18.6 Å². The van der Waals surface area contributed by atoms with Gasteiger partial charge in [-0.1, -0.05) is 6.07 Å².